The molecule has 1 aromatic rings. The third-order valence-electron chi connectivity index (χ3n) is 4.27. The number of hydrogen-bond donors (Lipinski definition) is 1. The first-order chi connectivity index (χ1) is 10.2. The Labute approximate surface area is 142 Å². The highest BCUT2D eigenvalue weighted by Crippen LogP contribution is 2.35. The molecule has 1 aliphatic carbocycles. The maximum absolute atomic E-state index is 4.93. The third kappa shape index (κ3) is 4.54. The van der Waals surface area contributed by atoms with Crippen molar-refractivity contribution in [3.63, 3.8) is 0 Å². The molecule has 1 aliphatic rings. The van der Waals surface area contributed by atoms with Crippen LogP contribution in [-0.2, 0) is 6.42 Å². The SMILES string of the molecule is CCCNc1nc(C2CCCC(C)C2)nc(CCC)c1I. The maximum Gasteiger partial charge on any atom is 0.143 e. The molecule has 0 radical (unpaired) electrons. The Balaban J connectivity index is 2.28. The minimum Gasteiger partial charge on any atom is -0.369 e. The van der Waals surface area contributed by atoms with Crippen molar-refractivity contribution in [2.75, 3.05) is 11.9 Å². The molecule has 1 heterocycles. The smallest absolute Gasteiger partial charge is 0.143 e. The van der Waals surface area contributed by atoms with Gasteiger partial charge in [0.15, 0.2) is 0 Å². The Hall–Kier alpha value is -0.390. The monoisotopic (exact) mass is 401 g/mol. The summed E-state index contributed by atoms with van der Waals surface area (Å²) in [5.41, 5.74) is 1.24. The number of aryl methyl sites for hydroxylation is 1. The first kappa shape index (κ1) is 17.0. The lowest BCUT2D eigenvalue weighted by atomic mass is 9.82. The Morgan fingerprint density at radius 3 is 2.67 bits per heavy atom. The molecule has 0 saturated heterocycles. The zero-order valence-electron chi connectivity index (χ0n) is 13.6. The third-order valence-corrected chi connectivity index (χ3v) is 5.40. The lowest BCUT2D eigenvalue weighted by Crippen LogP contribution is -2.17. The molecule has 118 valence electrons. The molecule has 0 aromatic carbocycles. The molecule has 0 aliphatic heterocycles. The van der Waals surface area contributed by atoms with Gasteiger partial charge in [0.05, 0.1) is 9.26 Å². The molecule has 0 spiro atoms. The number of aromatic nitrogens is 2. The van der Waals surface area contributed by atoms with Gasteiger partial charge in [-0.15, -0.1) is 0 Å². The van der Waals surface area contributed by atoms with E-state index in [0.29, 0.717) is 5.92 Å². The van der Waals surface area contributed by atoms with Crippen LogP contribution < -0.4 is 5.32 Å². The first-order valence-electron chi connectivity index (χ1n) is 8.45. The van der Waals surface area contributed by atoms with Gasteiger partial charge >= 0.3 is 0 Å². The first-order valence-corrected chi connectivity index (χ1v) is 9.53. The van der Waals surface area contributed by atoms with Gasteiger partial charge in [0.1, 0.15) is 11.6 Å². The number of anilines is 1. The van der Waals surface area contributed by atoms with Crippen molar-refractivity contribution in [3.8, 4) is 0 Å². The fourth-order valence-electron chi connectivity index (χ4n) is 3.13. The highest BCUT2D eigenvalue weighted by Gasteiger charge is 2.24. The van der Waals surface area contributed by atoms with Crippen molar-refractivity contribution in [2.45, 2.75) is 71.6 Å². The topological polar surface area (TPSA) is 37.8 Å². The Morgan fingerprint density at radius 1 is 1.19 bits per heavy atom. The molecule has 4 heteroatoms. The van der Waals surface area contributed by atoms with E-state index in [9.17, 15) is 0 Å². The predicted molar refractivity (Wildman–Crippen MR) is 97.9 cm³/mol. The molecule has 0 bridgehead atoms. The molecule has 1 N–H and O–H groups in total. The molecule has 1 aromatic heterocycles. The number of nitrogens with one attached hydrogen (secondary N) is 1. The number of rotatable bonds is 6. The largest absolute Gasteiger partial charge is 0.369 e. The minimum absolute atomic E-state index is 0.559. The van der Waals surface area contributed by atoms with Crippen LogP contribution in [0.1, 0.15) is 76.7 Å². The summed E-state index contributed by atoms with van der Waals surface area (Å²) in [6, 6.07) is 0. The van der Waals surface area contributed by atoms with E-state index in [2.05, 4.69) is 48.7 Å². The summed E-state index contributed by atoms with van der Waals surface area (Å²) >= 11 is 2.41. The van der Waals surface area contributed by atoms with Crippen molar-refractivity contribution in [1.29, 1.82) is 0 Å². The summed E-state index contributed by atoms with van der Waals surface area (Å²) < 4.78 is 1.22. The maximum atomic E-state index is 4.93. The number of halogens is 1. The van der Waals surface area contributed by atoms with Crippen molar-refractivity contribution in [3.05, 3.63) is 15.1 Å². The summed E-state index contributed by atoms with van der Waals surface area (Å²) in [5.74, 6) is 3.52. The number of nitrogens with zero attached hydrogens (tertiary/aromatic N) is 2. The van der Waals surface area contributed by atoms with Crippen LogP contribution >= 0.6 is 22.6 Å². The molecule has 3 nitrogen and oxygen atoms in total. The molecular weight excluding hydrogens is 373 g/mol. The van der Waals surface area contributed by atoms with E-state index in [-0.39, 0.29) is 0 Å². The molecule has 2 unspecified atom stereocenters. The summed E-state index contributed by atoms with van der Waals surface area (Å²) in [7, 11) is 0. The van der Waals surface area contributed by atoms with E-state index in [4.69, 9.17) is 9.97 Å². The van der Waals surface area contributed by atoms with Crippen LogP contribution in [0.3, 0.4) is 0 Å². The van der Waals surface area contributed by atoms with Gasteiger partial charge in [-0.3, -0.25) is 0 Å². The van der Waals surface area contributed by atoms with E-state index in [1.54, 1.807) is 0 Å². The summed E-state index contributed by atoms with van der Waals surface area (Å²) in [4.78, 5) is 9.81. The second kappa shape index (κ2) is 8.30. The van der Waals surface area contributed by atoms with Crippen LogP contribution in [0.15, 0.2) is 0 Å². The second-order valence-corrected chi connectivity index (χ2v) is 7.42. The van der Waals surface area contributed by atoms with Gasteiger partial charge < -0.3 is 5.32 Å². The number of hydrogen-bond acceptors (Lipinski definition) is 3. The van der Waals surface area contributed by atoms with Crippen molar-refractivity contribution >= 4 is 28.4 Å². The van der Waals surface area contributed by atoms with Crippen molar-refractivity contribution < 1.29 is 0 Å². The average molecular weight is 401 g/mol. The highest BCUT2D eigenvalue weighted by atomic mass is 127. The van der Waals surface area contributed by atoms with Gasteiger partial charge in [-0.05, 0) is 54.2 Å². The lowest BCUT2D eigenvalue weighted by molar-refractivity contribution is 0.335. The summed E-state index contributed by atoms with van der Waals surface area (Å²) in [6.45, 7) is 7.76. The van der Waals surface area contributed by atoms with Crippen LogP contribution in [0.25, 0.3) is 0 Å². The average Bonchev–Trinajstić information content (AvgIpc) is 2.48. The molecule has 21 heavy (non-hydrogen) atoms. The second-order valence-electron chi connectivity index (χ2n) is 6.34. The molecule has 2 atom stereocenters. The van der Waals surface area contributed by atoms with Gasteiger partial charge in [-0.1, -0.05) is 40.0 Å². The Bertz CT molecular complexity index is 462. The summed E-state index contributed by atoms with van der Waals surface area (Å²) in [5, 5.41) is 3.49. The fraction of sp³-hybridized carbons (Fsp3) is 0.765. The zero-order chi connectivity index (χ0) is 15.2. The van der Waals surface area contributed by atoms with E-state index < -0.39 is 0 Å². The van der Waals surface area contributed by atoms with Gasteiger partial charge in [0, 0.05) is 12.5 Å². The van der Waals surface area contributed by atoms with Gasteiger partial charge in [0.2, 0.25) is 0 Å². The molecule has 1 fully saturated rings. The van der Waals surface area contributed by atoms with Crippen molar-refractivity contribution in [2.24, 2.45) is 5.92 Å². The van der Waals surface area contributed by atoms with Gasteiger partial charge in [0.25, 0.3) is 0 Å². The Kier molecular flexibility index (Phi) is 6.71. The van der Waals surface area contributed by atoms with Crippen LogP contribution in [0.2, 0.25) is 0 Å². The van der Waals surface area contributed by atoms with Gasteiger partial charge in [-0.2, -0.15) is 0 Å². The molecular formula is C17H28IN3. The van der Waals surface area contributed by atoms with E-state index in [1.165, 1.54) is 34.9 Å². The van der Waals surface area contributed by atoms with Crippen LogP contribution in [0.5, 0.6) is 0 Å². The molecule has 2 rings (SSSR count). The van der Waals surface area contributed by atoms with Crippen molar-refractivity contribution in [1.82, 2.24) is 9.97 Å². The fourth-order valence-corrected chi connectivity index (χ4v) is 3.83. The van der Waals surface area contributed by atoms with E-state index in [0.717, 1.165) is 43.4 Å². The lowest BCUT2D eigenvalue weighted by Gasteiger charge is -2.26. The van der Waals surface area contributed by atoms with Crippen LogP contribution in [-0.4, -0.2) is 16.5 Å². The quantitative estimate of drug-likeness (QED) is 0.670. The zero-order valence-corrected chi connectivity index (χ0v) is 15.7. The highest BCUT2D eigenvalue weighted by molar-refractivity contribution is 14.1. The van der Waals surface area contributed by atoms with Gasteiger partial charge in [-0.25, -0.2) is 9.97 Å². The predicted octanol–water partition coefficient (Wildman–Crippen LogP) is 5.15. The van der Waals surface area contributed by atoms with E-state index in [1.807, 2.05) is 0 Å². The van der Waals surface area contributed by atoms with E-state index >= 15 is 0 Å². The molecule has 0 amide bonds. The Morgan fingerprint density at radius 2 is 2.00 bits per heavy atom. The normalized spacial score (nSPS) is 22.3. The molecule has 1 saturated carbocycles. The standard InChI is InChI=1S/C17H28IN3/c1-4-7-14-15(18)17(19-10-5-2)21-16(20-14)13-9-6-8-12(3)11-13/h12-13H,4-11H2,1-3H3,(H,19,20,21). The van der Waals surface area contributed by atoms with Crippen LogP contribution in [0.4, 0.5) is 5.82 Å². The van der Waals surface area contributed by atoms with Crippen LogP contribution in [0, 0.1) is 9.49 Å². The minimum atomic E-state index is 0.559. The summed E-state index contributed by atoms with van der Waals surface area (Å²) in [6.07, 6.45) is 8.51.